The number of likely N-dealkylation sites (N-methyl/N-ethyl adjacent to an activating group) is 3. The van der Waals surface area contributed by atoms with Crippen LogP contribution in [0.25, 0.3) is 21.8 Å². The fraction of sp³-hybridized carbons (Fsp3) is 0.571. The minimum Gasteiger partial charge on any atom is -0.513 e. The van der Waals surface area contributed by atoms with Crippen LogP contribution < -0.4 is 31.9 Å². The van der Waals surface area contributed by atoms with Crippen molar-refractivity contribution < 1.29 is 71.9 Å². The van der Waals surface area contributed by atoms with Gasteiger partial charge in [-0.1, -0.05) is 77.3 Å². The molecule has 3 aliphatic rings. The summed E-state index contributed by atoms with van der Waals surface area (Å²) in [7, 11) is 11.5. The highest BCUT2D eigenvalue weighted by Crippen LogP contribution is 2.29. The maximum Gasteiger partial charge on any atom is 0.243 e. The summed E-state index contributed by atoms with van der Waals surface area (Å²) in [5.41, 5.74) is 3.42. The number of rotatable bonds is 20. The van der Waals surface area contributed by atoms with E-state index in [0.29, 0.717) is 38.9 Å². The van der Waals surface area contributed by atoms with Gasteiger partial charge in [0.1, 0.15) is 37.3 Å². The Hall–Kier alpha value is -8.42. The molecule has 0 saturated carbocycles. The number of nitrogens with zero attached hydrogens (tertiary/aromatic N) is 4. The number of morpholine rings is 1. The number of quaternary nitrogens is 2. The van der Waals surface area contributed by atoms with E-state index in [9.17, 15) is 58.2 Å². The number of para-hydroxylation sites is 2. The molecule has 2 aromatic heterocycles. The lowest BCUT2D eigenvalue weighted by molar-refractivity contribution is -0.917. The van der Waals surface area contributed by atoms with Gasteiger partial charge >= 0.3 is 0 Å². The molecule has 3 aliphatic heterocycles. The molecule has 25 nitrogen and oxygen atoms in total. The summed E-state index contributed by atoms with van der Waals surface area (Å²) in [6, 6.07) is 9.21. The van der Waals surface area contributed by atoms with E-state index in [0.717, 1.165) is 80.9 Å². The summed E-state index contributed by atoms with van der Waals surface area (Å²) < 4.78 is 7.14. The Kier molecular flexibility index (Phi) is 27.7. The predicted molar refractivity (Wildman–Crippen MR) is 362 cm³/mol. The average Bonchev–Trinajstić information content (AvgIpc) is 1.82. The molecule has 0 radical (unpaired) electrons. The van der Waals surface area contributed by atoms with Gasteiger partial charge in [0.2, 0.25) is 47.3 Å². The molecule has 7 rings (SSSR count). The summed E-state index contributed by atoms with van der Waals surface area (Å²) in [6.45, 7) is 18.5. The van der Waals surface area contributed by atoms with Crippen LogP contribution in [0.1, 0.15) is 103 Å². The van der Waals surface area contributed by atoms with Gasteiger partial charge in [-0.25, -0.2) is 0 Å². The smallest absolute Gasteiger partial charge is 0.243 e. The maximum absolute atomic E-state index is 14.3. The number of aliphatic hydroxyl groups is 2. The van der Waals surface area contributed by atoms with Crippen LogP contribution in [0.2, 0.25) is 0 Å². The number of hydrogen-bond acceptors (Lipinski definition) is 13. The van der Waals surface area contributed by atoms with Gasteiger partial charge in [-0.05, 0) is 86.5 Å². The van der Waals surface area contributed by atoms with E-state index < -0.39 is 120 Å². The fourth-order valence-electron chi connectivity index (χ4n) is 13.0. The van der Waals surface area contributed by atoms with Gasteiger partial charge in [0.05, 0.1) is 91.2 Å². The second-order valence-electron chi connectivity index (χ2n) is 27.9. The average molecular weight is 1320 g/mol. The number of ketones is 2. The lowest BCUT2D eigenvalue weighted by Gasteiger charge is -2.37. The van der Waals surface area contributed by atoms with Gasteiger partial charge in [-0.15, -0.1) is 0 Å². The minimum absolute atomic E-state index is 0.193. The van der Waals surface area contributed by atoms with Crippen LogP contribution in [-0.4, -0.2) is 229 Å². The van der Waals surface area contributed by atoms with E-state index in [1.54, 1.807) is 20.3 Å². The van der Waals surface area contributed by atoms with Gasteiger partial charge in [-0.3, -0.25) is 47.9 Å². The third-order valence-corrected chi connectivity index (χ3v) is 18.2. The van der Waals surface area contributed by atoms with Crippen molar-refractivity contribution in [3.8, 4) is 0 Å². The summed E-state index contributed by atoms with van der Waals surface area (Å²) in [5.74, 6) is -8.12. The van der Waals surface area contributed by atoms with Crippen molar-refractivity contribution >= 4 is 80.6 Å². The number of amides is 8. The molecule has 25 heteroatoms. The van der Waals surface area contributed by atoms with Crippen LogP contribution in [0.4, 0.5) is 0 Å². The van der Waals surface area contributed by atoms with Crippen LogP contribution in [0.5, 0.6) is 0 Å². The molecular formula is C70H104N12O13+2. The molecule has 4 aromatic rings. The van der Waals surface area contributed by atoms with Crippen LogP contribution in [0, 0.1) is 23.7 Å². The molecule has 8 amide bonds. The molecule has 5 heterocycles. The zero-order chi connectivity index (χ0) is 69.9. The molecule has 0 spiro atoms. The van der Waals surface area contributed by atoms with E-state index in [2.05, 4.69) is 83.2 Å². The largest absolute Gasteiger partial charge is 0.513 e. The first-order valence-electron chi connectivity index (χ1n) is 33.2. The predicted octanol–water partition coefficient (Wildman–Crippen LogP) is 4.18. The lowest BCUT2D eigenvalue weighted by atomic mass is 9.88. The Labute approximate surface area is 558 Å². The summed E-state index contributed by atoms with van der Waals surface area (Å²) >= 11 is 0. The van der Waals surface area contributed by atoms with Crippen molar-refractivity contribution in [3.05, 3.63) is 96.7 Å². The second kappa shape index (κ2) is 34.8. The molecule has 3 saturated heterocycles. The Bertz CT molecular complexity index is 3380. The first kappa shape index (κ1) is 75.6. The molecule has 0 bridgehead atoms. The first-order valence-corrected chi connectivity index (χ1v) is 33.2. The van der Waals surface area contributed by atoms with E-state index >= 15 is 0 Å². The zero-order valence-electron chi connectivity index (χ0n) is 57.3. The fourth-order valence-corrected chi connectivity index (χ4v) is 13.0. The molecular weight excluding hydrogens is 1220 g/mol. The van der Waals surface area contributed by atoms with E-state index in [-0.39, 0.29) is 61.9 Å². The summed E-state index contributed by atoms with van der Waals surface area (Å²) in [5, 5.41) is 37.9. The number of H-pyrrole nitrogens is 2. The molecule has 8 atom stereocenters. The quantitative estimate of drug-likeness (QED) is 0.0338. The van der Waals surface area contributed by atoms with Gasteiger partial charge in [-0.2, -0.15) is 0 Å². The highest BCUT2D eigenvalue weighted by atomic mass is 16.5. The number of aliphatic hydroxyl groups excluding tert-OH is 2. The number of carbonyl (C=O) groups is 10. The standard InChI is InChI=1S/C36H52N6O7.C34H50N6O6/c1-23(2)33-35(47)40-29(12-8-9-13-42(5)14-16-49-17-15-42)34(46)38-22-32(45)39-30(18-24(3)43)31(44)20-25(36(48)41(33)4)19-26-21-37-28-11-7-6-10-27(26)28;1-21(2)31-33(45)38-27(14-10-11-15-40(5,6)7)32(44)36-20-30(43)37-28(16-22(3)41)29(42)18-23(34(46)39(31)4)17-24-19-35-26-13-9-8-12-25(24)26/h6-7,10-11,21,23,25,29-30,33,37H,3,8-9,12-20,22H2,1-2,4-5H3,(H3-,38,39,40,43,45,46,47);8-9,12-13,19,21,23,27-28,31,35H,3,10-11,14-18,20H2,1-2,4-7H3,(H3-,36,37,38,41,43,44,45)/p+2/t25-,29?,30-,33-;23-,27?,28-,31-/m00/s1. The maximum atomic E-state index is 14.3. The molecule has 95 heavy (non-hydrogen) atoms. The van der Waals surface area contributed by atoms with Crippen molar-refractivity contribution in [1.29, 1.82) is 0 Å². The molecule has 520 valence electrons. The normalized spacial score (nSPS) is 23.7. The van der Waals surface area contributed by atoms with Gasteiger partial charge in [0.15, 0.2) is 11.6 Å². The summed E-state index contributed by atoms with van der Waals surface area (Å²) in [4.78, 5) is 146. The molecule has 3 fully saturated rings. The molecule has 10 N–H and O–H groups in total. The highest BCUT2D eigenvalue weighted by Gasteiger charge is 2.40. The van der Waals surface area contributed by atoms with Gasteiger partial charge in [0, 0.05) is 85.8 Å². The number of benzene rings is 2. The second-order valence-corrected chi connectivity index (χ2v) is 27.9. The summed E-state index contributed by atoms with van der Waals surface area (Å²) in [6.07, 6.45) is 6.64. The minimum atomic E-state index is -1.17. The SMILES string of the molecule is C=C(O)C[C@@H]1NC(=O)CNC(=O)C(CCCC[N+](C)(C)C)NC(=O)[C@H](C(C)C)N(C)C(=O)[C@@H](Cc2c[nH]c3ccccc23)CC1=O.C=C(O)C[C@@H]1NC(=O)CNC(=O)C(CCCC[N+]2(C)CCOCC2)NC(=O)[C@H](C(C)C)N(C)C(=O)[C@@H](Cc2c[nH]c3ccccc23)CC1=O. The Balaban J connectivity index is 0.000000301. The number of unbranched alkanes of at least 4 members (excludes halogenated alkanes) is 2. The van der Waals surface area contributed by atoms with Gasteiger partial charge in [0.25, 0.3) is 0 Å². The van der Waals surface area contributed by atoms with Crippen molar-refractivity contribution in [2.45, 2.75) is 141 Å². The molecule has 0 aliphatic carbocycles. The van der Waals surface area contributed by atoms with Crippen LogP contribution in [0.15, 0.2) is 85.6 Å². The lowest BCUT2D eigenvalue weighted by Crippen LogP contribution is -2.57. The number of nitrogens with one attached hydrogen (secondary N) is 8. The number of Topliss-reactive ketones (excluding diaryl/α,β-unsaturated/α-hetero) is 2. The zero-order valence-corrected chi connectivity index (χ0v) is 57.3. The van der Waals surface area contributed by atoms with E-state index in [1.807, 2.05) is 82.4 Å². The van der Waals surface area contributed by atoms with Gasteiger partial charge < -0.3 is 75.6 Å². The van der Waals surface area contributed by atoms with E-state index in [1.165, 1.54) is 9.80 Å². The third-order valence-electron chi connectivity index (χ3n) is 18.2. The van der Waals surface area contributed by atoms with Crippen molar-refractivity contribution in [3.63, 3.8) is 0 Å². The number of aromatic amines is 2. The monoisotopic (exact) mass is 1320 g/mol. The van der Waals surface area contributed by atoms with E-state index in [4.69, 9.17) is 4.74 Å². The Morgan fingerprint density at radius 1 is 0.579 bits per heavy atom. The molecule has 2 aromatic carbocycles. The first-order chi connectivity index (χ1) is 44.8. The van der Waals surface area contributed by atoms with Crippen LogP contribution >= 0.6 is 0 Å². The Morgan fingerprint density at radius 3 is 1.37 bits per heavy atom. The topological polar surface area (TPSA) is 331 Å². The third kappa shape index (κ3) is 22.3. The van der Waals surface area contributed by atoms with Crippen molar-refractivity contribution in [2.75, 3.05) is 94.8 Å². The Morgan fingerprint density at radius 2 is 0.979 bits per heavy atom. The number of aromatic nitrogens is 2. The van der Waals surface area contributed by atoms with Crippen molar-refractivity contribution in [2.24, 2.45) is 23.7 Å². The number of hydrogen-bond donors (Lipinski definition) is 10. The number of ether oxygens (including phenoxy) is 1. The highest BCUT2D eigenvalue weighted by molar-refractivity contribution is 5.99. The number of fused-ring (bicyclic) bond motifs is 2. The molecule has 2 unspecified atom stereocenters. The van der Waals surface area contributed by atoms with Crippen LogP contribution in [-0.2, 0) is 65.5 Å². The number of carbonyl (C=O) groups excluding carboxylic acids is 10. The van der Waals surface area contributed by atoms with Crippen LogP contribution in [0.3, 0.4) is 0 Å². The van der Waals surface area contributed by atoms with Crippen molar-refractivity contribution in [1.82, 2.24) is 51.7 Å².